The summed E-state index contributed by atoms with van der Waals surface area (Å²) >= 11 is 1.32. The number of sulfonamides is 1. The molecule has 0 bridgehead atoms. The first-order valence-corrected chi connectivity index (χ1v) is 9.24. The predicted molar refractivity (Wildman–Crippen MR) is 80.3 cm³/mol. The van der Waals surface area contributed by atoms with E-state index < -0.39 is 10.0 Å². The fourth-order valence-electron chi connectivity index (χ4n) is 2.35. The quantitative estimate of drug-likeness (QED) is 0.862. The van der Waals surface area contributed by atoms with Gasteiger partial charge < -0.3 is 10.6 Å². The van der Waals surface area contributed by atoms with Gasteiger partial charge in [-0.25, -0.2) is 13.1 Å². The van der Waals surface area contributed by atoms with Gasteiger partial charge >= 0.3 is 0 Å². The normalized spacial score (nSPS) is 20.1. The van der Waals surface area contributed by atoms with Gasteiger partial charge in [-0.1, -0.05) is 0 Å². The summed E-state index contributed by atoms with van der Waals surface area (Å²) in [5, 5.41) is 1.79. The Kier molecular flexibility index (Phi) is 4.66. The molecule has 8 heteroatoms. The van der Waals surface area contributed by atoms with Crippen molar-refractivity contribution in [2.24, 2.45) is 0 Å². The Morgan fingerprint density at radius 1 is 1.55 bits per heavy atom. The van der Waals surface area contributed by atoms with Crippen LogP contribution in [-0.2, 0) is 10.0 Å². The van der Waals surface area contributed by atoms with Crippen molar-refractivity contribution < 1.29 is 13.2 Å². The molecule has 1 atom stereocenters. The number of likely N-dealkylation sites (tertiary alicyclic amines) is 1. The first-order chi connectivity index (χ1) is 9.38. The van der Waals surface area contributed by atoms with Crippen LogP contribution in [0.25, 0.3) is 0 Å². The first kappa shape index (κ1) is 15.3. The van der Waals surface area contributed by atoms with Crippen LogP contribution >= 0.6 is 11.3 Å². The molecule has 1 saturated heterocycles. The zero-order valence-corrected chi connectivity index (χ0v) is 13.0. The monoisotopic (exact) mass is 317 g/mol. The minimum Gasteiger partial charge on any atom is -0.397 e. The predicted octanol–water partition coefficient (Wildman–Crippen LogP) is 0.874. The molecular formula is C12H19N3O3S2. The molecule has 0 saturated carbocycles. The summed E-state index contributed by atoms with van der Waals surface area (Å²) in [6.45, 7) is 0.905. The molecule has 1 aromatic rings. The summed E-state index contributed by atoms with van der Waals surface area (Å²) in [5.41, 5.74) is 6.27. The molecule has 1 unspecified atom stereocenters. The molecule has 1 fully saturated rings. The highest BCUT2D eigenvalue weighted by Crippen LogP contribution is 2.25. The Morgan fingerprint density at radius 3 is 2.90 bits per heavy atom. The van der Waals surface area contributed by atoms with Crippen LogP contribution in [0, 0.1) is 0 Å². The Morgan fingerprint density at radius 2 is 2.30 bits per heavy atom. The van der Waals surface area contributed by atoms with Gasteiger partial charge in [-0.15, -0.1) is 11.3 Å². The molecule has 1 aliphatic rings. The Hall–Kier alpha value is -1.12. The van der Waals surface area contributed by atoms with Crippen LogP contribution in [0.3, 0.4) is 0 Å². The maximum atomic E-state index is 12.5. The number of anilines is 1. The smallest absolute Gasteiger partial charge is 0.266 e. The van der Waals surface area contributed by atoms with Crippen molar-refractivity contribution in [2.45, 2.75) is 25.3 Å². The molecule has 20 heavy (non-hydrogen) atoms. The van der Waals surface area contributed by atoms with Gasteiger partial charge in [0.05, 0.1) is 11.9 Å². The molecule has 1 aromatic heterocycles. The highest BCUT2D eigenvalue weighted by Gasteiger charge is 2.29. The molecule has 0 aliphatic carbocycles. The van der Waals surface area contributed by atoms with Crippen molar-refractivity contribution in [3.8, 4) is 0 Å². The van der Waals surface area contributed by atoms with E-state index in [2.05, 4.69) is 4.72 Å². The van der Waals surface area contributed by atoms with Crippen LogP contribution in [0.5, 0.6) is 0 Å². The fraction of sp³-hybridized carbons (Fsp3) is 0.583. The number of nitrogens with zero attached hydrogens (tertiary/aromatic N) is 1. The molecule has 0 radical (unpaired) electrons. The van der Waals surface area contributed by atoms with Crippen molar-refractivity contribution in [3.05, 3.63) is 16.3 Å². The first-order valence-electron chi connectivity index (χ1n) is 6.47. The Balaban J connectivity index is 2.11. The number of nitrogens with one attached hydrogen (secondary N) is 1. The van der Waals surface area contributed by atoms with Crippen LogP contribution in [0.4, 0.5) is 5.69 Å². The van der Waals surface area contributed by atoms with E-state index in [0.717, 1.165) is 25.5 Å². The lowest BCUT2D eigenvalue weighted by Crippen LogP contribution is -2.49. The maximum absolute atomic E-state index is 12.5. The number of hydrogen-bond acceptors (Lipinski definition) is 5. The van der Waals surface area contributed by atoms with Crippen LogP contribution in [0.15, 0.2) is 11.4 Å². The van der Waals surface area contributed by atoms with Gasteiger partial charge in [0.1, 0.15) is 4.88 Å². The summed E-state index contributed by atoms with van der Waals surface area (Å²) in [4.78, 5) is 14.8. The fourth-order valence-corrected chi connectivity index (χ4v) is 3.62. The number of amides is 1. The second-order valence-corrected chi connectivity index (χ2v) is 7.72. The van der Waals surface area contributed by atoms with Gasteiger partial charge in [-0.2, -0.15) is 0 Å². The molecule has 2 heterocycles. The molecule has 3 N–H and O–H groups in total. The van der Waals surface area contributed by atoms with E-state index in [1.165, 1.54) is 11.3 Å². The topological polar surface area (TPSA) is 92.5 Å². The summed E-state index contributed by atoms with van der Waals surface area (Å²) in [5.74, 6) is -0.0995. The number of carbonyl (C=O) groups excluding carboxylic acids is 1. The largest absolute Gasteiger partial charge is 0.397 e. The highest BCUT2D eigenvalue weighted by molar-refractivity contribution is 7.88. The molecule has 1 amide bonds. The zero-order valence-electron chi connectivity index (χ0n) is 11.3. The van der Waals surface area contributed by atoms with E-state index in [9.17, 15) is 13.2 Å². The number of rotatable bonds is 4. The van der Waals surface area contributed by atoms with E-state index >= 15 is 0 Å². The zero-order chi connectivity index (χ0) is 14.8. The average Bonchev–Trinajstić information content (AvgIpc) is 2.81. The van der Waals surface area contributed by atoms with Gasteiger partial charge in [0.15, 0.2) is 0 Å². The lowest BCUT2D eigenvalue weighted by molar-refractivity contribution is 0.0625. The van der Waals surface area contributed by atoms with E-state index in [-0.39, 0.29) is 18.5 Å². The van der Waals surface area contributed by atoms with Gasteiger partial charge in [-0.05, 0) is 30.7 Å². The molecule has 1 aliphatic heterocycles. The molecular weight excluding hydrogens is 298 g/mol. The number of nitrogens with two attached hydrogens (primary N) is 1. The average molecular weight is 317 g/mol. The van der Waals surface area contributed by atoms with Crippen molar-refractivity contribution in [1.82, 2.24) is 9.62 Å². The molecule has 6 nitrogen and oxygen atoms in total. The number of piperidine rings is 1. The second kappa shape index (κ2) is 6.11. The Bertz CT molecular complexity index is 583. The Labute approximate surface area is 123 Å². The lowest BCUT2D eigenvalue weighted by atomic mass is 10.0. The highest BCUT2D eigenvalue weighted by atomic mass is 32.2. The summed E-state index contributed by atoms with van der Waals surface area (Å²) < 4.78 is 24.9. The third kappa shape index (κ3) is 3.71. The van der Waals surface area contributed by atoms with Gasteiger partial charge in [0.25, 0.3) is 5.91 Å². The third-order valence-corrected chi connectivity index (χ3v) is 4.97. The van der Waals surface area contributed by atoms with Gasteiger partial charge in [-0.3, -0.25) is 4.79 Å². The van der Waals surface area contributed by atoms with E-state index in [4.69, 9.17) is 5.73 Å². The van der Waals surface area contributed by atoms with Crippen LogP contribution < -0.4 is 10.5 Å². The molecule has 2 rings (SSSR count). The van der Waals surface area contributed by atoms with Gasteiger partial charge in [0, 0.05) is 19.1 Å². The lowest BCUT2D eigenvalue weighted by Gasteiger charge is -2.35. The van der Waals surface area contributed by atoms with Crippen LogP contribution in [0.2, 0.25) is 0 Å². The maximum Gasteiger partial charge on any atom is 0.266 e. The van der Waals surface area contributed by atoms with E-state index in [1.54, 1.807) is 16.3 Å². The van der Waals surface area contributed by atoms with Crippen molar-refractivity contribution in [1.29, 1.82) is 0 Å². The summed E-state index contributed by atoms with van der Waals surface area (Å²) in [6.07, 6.45) is 3.87. The number of hydrogen-bond donors (Lipinski definition) is 2. The van der Waals surface area contributed by atoms with Crippen molar-refractivity contribution in [3.63, 3.8) is 0 Å². The number of nitrogen functional groups attached to an aromatic ring is 1. The molecule has 112 valence electrons. The van der Waals surface area contributed by atoms with Crippen molar-refractivity contribution >= 4 is 33.0 Å². The second-order valence-electron chi connectivity index (χ2n) is 4.97. The minimum absolute atomic E-state index is 0.0995. The van der Waals surface area contributed by atoms with Gasteiger partial charge in [0.2, 0.25) is 10.0 Å². The van der Waals surface area contributed by atoms with Crippen molar-refractivity contribution in [2.75, 3.05) is 25.1 Å². The summed E-state index contributed by atoms with van der Waals surface area (Å²) in [6, 6.07) is 1.61. The third-order valence-electron chi connectivity index (χ3n) is 3.36. The molecule has 0 aromatic carbocycles. The number of thiophene rings is 1. The molecule has 0 spiro atoms. The summed E-state index contributed by atoms with van der Waals surface area (Å²) in [7, 11) is -3.24. The standard InChI is InChI=1S/C12H19N3O3S2/c1-20(17,18)14-8-9-4-2-3-6-15(9)12(16)11-10(13)5-7-19-11/h5,7,9,14H,2-4,6,8,13H2,1H3. The minimum atomic E-state index is -3.24. The van der Waals surface area contributed by atoms with Crippen LogP contribution in [-0.4, -0.2) is 44.6 Å². The van der Waals surface area contributed by atoms with E-state index in [0.29, 0.717) is 17.1 Å². The number of carbonyl (C=O) groups is 1. The van der Waals surface area contributed by atoms with E-state index in [1.807, 2.05) is 0 Å². The van der Waals surface area contributed by atoms with Crippen LogP contribution in [0.1, 0.15) is 28.9 Å². The SMILES string of the molecule is CS(=O)(=O)NCC1CCCCN1C(=O)c1sccc1N.